The predicted octanol–water partition coefficient (Wildman–Crippen LogP) is 4.61. The minimum Gasteiger partial charge on any atom is -0.372 e. The van der Waals surface area contributed by atoms with Crippen LogP contribution in [-0.4, -0.2) is 51.4 Å². The van der Waals surface area contributed by atoms with Gasteiger partial charge in [-0.1, -0.05) is 48.5 Å². The van der Waals surface area contributed by atoms with Crippen LogP contribution in [0.3, 0.4) is 0 Å². The number of carbonyl (C=O) groups excluding carboxylic acids is 1. The van der Waals surface area contributed by atoms with Crippen LogP contribution in [0.25, 0.3) is 11.4 Å². The van der Waals surface area contributed by atoms with Crippen molar-refractivity contribution in [2.45, 2.75) is 32.2 Å². The van der Waals surface area contributed by atoms with E-state index in [9.17, 15) is 9.59 Å². The number of rotatable bonds is 6. The van der Waals surface area contributed by atoms with Crippen LogP contribution in [0.15, 0.2) is 82.4 Å². The van der Waals surface area contributed by atoms with Crippen molar-refractivity contribution in [3.8, 4) is 11.4 Å². The van der Waals surface area contributed by atoms with Gasteiger partial charge in [-0.15, -0.1) is 5.10 Å². The van der Waals surface area contributed by atoms with Crippen molar-refractivity contribution < 1.29 is 4.79 Å². The summed E-state index contributed by atoms with van der Waals surface area (Å²) in [7, 11) is 0. The Balaban J connectivity index is 1.27. The Morgan fingerprint density at radius 2 is 1.92 bits per heavy atom. The molecule has 1 saturated heterocycles. The third-order valence-corrected chi connectivity index (χ3v) is 7.11. The summed E-state index contributed by atoms with van der Waals surface area (Å²) >= 11 is 6.13. The summed E-state index contributed by atoms with van der Waals surface area (Å²) in [5.74, 6) is 0.415. The van der Waals surface area contributed by atoms with Gasteiger partial charge in [0, 0.05) is 47.8 Å². The third-order valence-electron chi connectivity index (χ3n) is 6.88. The number of likely N-dealkylation sites (tertiary alicyclic amines) is 1. The van der Waals surface area contributed by atoms with Crippen LogP contribution in [-0.2, 0) is 11.2 Å². The quantitative estimate of drug-likeness (QED) is 0.294. The fourth-order valence-electron chi connectivity index (χ4n) is 4.97. The number of hydrogen-bond acceptors (Lipinski definition) is 5. The third kappa shape index (κ3) is 5.15. The van der Waals surface area contributed by atoms with Gasteiger partial charge in [0.15, 0.2) is 5.82 Å². The number of piperidine rings is 1. The molecule has 1 N–H and O–H groups in total. The lowest BCUT2D eigenvalue weighted by Gasteiger charge is -2.33. The lowest BCUT2D eigenvalue weighted by atomic mass is 10.0. The van der Waals surface area contributed by atoms with Crippen molar-refractivity contribution in [1.82, 2.24) is 19.7 Å². The van der Waals surface area contributed by atoms with E-state index in [1.165, 1.54) is 0 Å². The molecule has 1 amide bonds. The lowest BCUT2D eigenvalue weighted by Crippen LogP contribution is -2.37. The van der Waals surface area contributed by atoms with E-state index in [-0.39, 0.29) is 17.6 Å². The van der Waals surface area contributed by atoms with Gasteiger partial charge in [0.2, 0.25) is 0 Å². The molecule has 9 heteroatoms. The van der Waals surface area contributed by atoms with Crippen LogP contribution in [0.2, 0.25) is 5.02 Å². The number of allylic oxidation sites excluding steroid dienone is 1. The number of H-pyrrole nitrogens is 1. The molecule has 0 spiro atoms. The van der Waals surface area contributed by atoms with Crippen LogP contribution < -0.4 is 10.6 Å². The molecule has 1 fully saturated rings. The second kappa shape index (κ2) is 10.6. The number of nitrogens with one attached hydrogen (secondary N) is 1. The first-order valence-corrected chi connectivity index (χ1v) is 12.8. The maximum Gasteiger partial charge on any atom is 0.343 e. The number of fused-ring (bicyclic) bond motifs is 1. The molecular formula is C28H29ClN6O2. The normalized spacial score (nSPS) is 16.4. The Bertz CT molecular complexity index is 1430. The molecule has 2 aliphatic heterocycles. The monoisotopic (exact) mass is 516 g/mol. The molecule has 0 bridgehead atoms. The summed E-state index contributed by atoms with van der Waals surface area (Å²) in [5.41, 5.74) is 3.68. The molecule has 3 aromatic rings. The van der Waals surface area contributed by atoms with Gasteiger partial charge in [-0.25, -0.2) is 9.48 Å². The minimum absolute atomic E-state index is 0.00284. The summed E-state index contributed by atoms with van der Waals surface area (Å²) in [5, 5.41) is 5.22. The Labute approximate surface area is 220 Å². The van der Waals surface area contributed by atoms with E-state index in [1.807, 2.05) is 42.5 Å². The number of amides is 1. The largest absolute Gasteiger partial charge is 0.372 e. The van der Waals surface area contributed by atoms with Crippen molar-refractivity contribution in [3.05, 3.63) is 93.7 Å². The summed E-state index contributed by atoms with van der Waals surface area (Å²) < 4.78 is 1.56. The van der Waals surface area contributed by atoms with E-state index in [1.54, 1.807) is 34.9 Å². The van der Waals surface area contributed by atoms with Crippen LogP contribution in [0.5, 0.6) is 0 Å². The first kappa shape index (κ1) is 24.8. The summed E-state index contributed by atoms with van der Waals surface area (Å²) in [6, 6.07) is 15.2. The number of anilines is 1. The molecule has 190 valence electrons. The molecule has 0 unspecified atom stereocenters. The number of carbonyl (C=O) groups is 1. The van der Waals surface area contributed by atoms with Crippen molar-refractivity contribution in [1.29, 1.82) is 0 Å². The molecule has 2 aliphatic rings. The zero-order valence-corrected chi connectivity index (χ0v) is 21.5. The number of hydrogen-bond donors (Lipinski definition) is 1. The molecule has 37 heavy (non-hydrogen) atoms. The maximum absolute atomic E-state index is 13.4. The Kier molecular flexibility index (Phi) is 7.10. The first-order chi connectivity index (χ1) is 17.9. The average molecular weight is 517 g/mol. The molecule has 0 saturated carbocycles. The van der Waals surface area contributed by atoms with Gasteiger partial charge in [0.05, 0.1) is 6.04 Å². The Hall–Kier alpha value is -3.91. The highest BCUT2D eigenvalue weighted by Crippen LogP contribution is 2.32. The van der Waals surface area contributed by atoms with Crippen LogP contribution >= 0.6 is 11.6 Å². The average Bonchev–Trinajstić information content (AvgIpc) is 3.51. The lowest BCUT2D eigenvalue weighted by molar-refractivity contribution is -0.115. The van der Waals surface area contributed by atoms with E-state index < -0.39 is 0 Å². The zero-order chi connectivity index (χ0) is 25.9. The Morgan fingerprint density at radius 1 is 1.16 bits per heavy atom. The molecule has 0 aliphatic carbocycles. The number of aromatic nitrogens is 3. The van der Waals surface area contributed by atoms with Crippen molar-refractivity contribution >= 4 is 29.4 Å². The standard InChI is InChI=1S/C28H29ClN6O2/c1-3-30-24(27(36)34-16-11-21-18-22(29)9-10-25(21)34)17-19(2)33-14-12-23(13-15-33)35-28(37)31-26(32-35)20-7-5-4-6-8-20/h3-10,17-18,23H,2,11-16H2,1H3,(H,31,32,37)/b24-17-,30-3-. The van der Waals surface area contributed by atoms with E-state index >= 15 is 0 Å². The predicted molar refractivity (Wildman–Crippen MR) is 147 cm³/mol. The fourth-order valence-corrected chi connectivity index (χ4v) is 5.16. The number of nitrogens with zero attached hydrogens (tertiary/aromatic N) is 5. The first-order valence-electron chi connectivity index (χ1n) is 12.4. The second-order valence-electron chi connectivity index (χ2n) is 9.20. The Morgan fingerprint density at radius 3 is 2.65 bits per heavy atom. The van der Waals surface area contributed by atoms with E-state index in [0.717, 1.165) is 41.8 Å². The maximum atomic E-state index is 13.4. The molecule has 1 aromatic heterocycles. The molecule has 8 nitrogen and oxygen atoms in total. The highest BCUT2D eigenvalue weighted by Gasteiger charge is 2.28. The van der Waals surface area contributed by atoms with Crippen LogP contribution in [0.4, 0.5) is 5.69 Å². The summed E-state index contributed by atoms with van der Waals surface area (Å²) in [6.45, 7) is 7.99. The van der Waals surface area contributed by atoms with Gasteiger partial charge in [-0.2, -0.15) is 0 Å². The van der Waals surface area contributed by atoms with E-state index in [4.69, 9.17) is 11.6 Å². The SMILES string of the molecule is C=C(/C=C(\N=C/C)C(=O)N1CCc2cc(Cl)ccc21)N1CCC(n2nc(-c3ccccc3)[nH]c2=O)CC1. The molecular weight excluding hydrogens is 488 g/mol. The molecule has 5 rings (SSSR count). The van der Waals surface area contributed by atoms with Crippen molar-refractivity contribution in [2.75, 3.05) is 24.5 Å². The number of aliphatic imine (C=N–C) groups is 1. The summed E-state index contributed by atoms with van der Waals surface area (Å²) in [6.07, 6.45) is 5.62. The van der Waals surface area contributed by atoms with Gasteiger partial charge >= 0.3 is 5.69 Å². The van der Waals surface area contributed by atoms with Gasteiger partial charge in [-0.05, 0) is 56.0 Å². The minimum atomic E-state index is -0.201. The molecule has 0 radical (unpaired) electrons. The van der Waals surface area contributed by atoms with Crippen molar-refractivity contribution in [2.24, 2.45) is 4.99 Å². The van der Waals surface area contributed by atoms with E-state index in [0.29, 0.717) is 36.2 Å². The smallest absolute Gasteiger partial charge is 0.343 e. The van der Waals surface area contributed by atoms with Crippen molar-refractivity contribution in [3.63, 3.8) is 0 Å². The van der Waals surface area contributed by atoms with Gasteiger partial charge in [-0.3, -0.25) is 14.8 Å². The highest BCUT2D eigenvalue weighted by molar-refractivity contribution is 6.30. The van der Waals surface area contributed by atoms with Gasteiger partial charge < -0.3 is 9.80 Å². The molecule has 0 atom stereocenters. The number of aromatic amines is 1. The van der Waals surface area contributed by atoms with E-state index in [2.05, 4.69) is 26.6 Å². The molecule has 2 aromatic carbocycles. The topological polar surface area (TPSA) is 86.6 Å². The molecule has 3 heterocycles. The second-order valence-corrected chi connectivity index (χ2v) is 9.63. The summed E-state index contributed by atoms with van der Waals surface area (Å²) in [4.78, 5) is 37.1. The number of benzene rings is 2. The fraction of sp³-hybridized carbons (Fsp3) is 0.286. The number of halogens is 1. The van der Waals surface area contributed by atoms with Crippen LogP contribution in [0.1, 0.15) is 31.4 Å². The van der Waals surface area contributed by atoms with Crippen LogP contribution in [0, 0.1) is 0 Å². The zero-order valence-electron chi connectivity index (χ0n) is 20.7. The highest BCUT2D eigenvalue weighted by atomic mass is 35.5. The van der Waals surface area contributed by atoms with Gasteiger partial charge in [0.25, 0.3) is 5.91 Å². The van der Waals surface area contributed by atoms with Gasteiger partial charge in [0.1, 0.15) is 5.70 Å².